The first-order chi connectivity index (χ1) is 19.2. The van der Waals surface area contributed by atoms with Crippen LogP contribution in [0.25, 0.3) is 11.8 Å². The zero-order valence-corrected chi connectivity index (χ0v) is 25.0. The molecule has 7 nitrogen and oxygen atoms in total. The van der Waals surface area contributed by atoms with E-state index in [9.17, 15) is 0 Å². The number of rotatable bonds is 9. The third-order valence-corrected chi connectivity index (χ3v) is 9.16. The van der Waals surface area contributed by atoms with Crippen molar-refractivity contribution in [1.82, 2.24) is 35.0 Å². The molecule has 1 fully saturated rings. The number of fused-ring (bicyclic) bond motifs is 2. The summed E-state index contributed by atoms with van der Waals surface area (Å²) < 4.78 is 1.79. The van der Waals surface area contributed by atoms with Crippen LogP contribution in [-0.4, -0.2) is 67.2 Å². The van der Waals surface area contributed by atoms with Gasteiger partial charge >= 0.3 is 0 Å². The van der Waals surface area contributed by atoms with Crippen molar-refractivity contribution >= 4 is 35.5 Å². The normalized spacial score (nSPS) is 17.0. The quantitative estimate of drug-likeness (QED) is 0.285. The van der Waals surface area contributed by atoms with E-state index < -0.39 is 0 Å². The van der Waals surface area contributed by atoms with Crippen LogP contribution in [0.15, 0.2) is 54.7 Å². The van der Waals surface area contributed by atoms with E-state index in [-0.39, 0.29) is 12.4 Å². The van der Waals surface area contributed by atoms with E-state index in [0.717, 1.165) is 75.9 Å². The molecule has 0 N–H and O–H groups in total. The number of tetrazole rings is 1. The van der Waals surface area contributed by atoms with Gasteiger partial charge in [0.1, 0.15) is 0 Å². The fourth-order valence-corrected chi connectivity index (χ4v) is 7.04. The smallest absolute Gasteiger partial charge is 0.150 e. The van der Waals surface area contributed by atoms with Gasteiger partial charge in [-0.2, -0.15) is 0 Å². The van der Waals surface area contributed by atoms with Crippen LogP contribution in [0.5, 0.6) is 0 Å². The van der Waals surface area contributed by atoms with Crippen molar-refractivity contribution in [1.29, 1.82) is 0 Å². The van der Waals surface area contributed by atoms with Crippen LogP contribution in [0.3, 0.4) is 0 Å². The second kappa shape index (κ2) is 13.1. The van der Waals surface area contributed by atoms with E-state index in [0.29, 0.717) is 6.04 Å². The Hall–Kier alpha value is -3.07. The van der Waals surface area contributed by atoms with Gasteiger partial charge in [0.05, 0.1) is 11.0 Å². The van der Waals surface area contributed by atoms with Gasteiger partial charge < -0.3 is 4.90 Å². The summed E-state index contributed by atoms with van der Waals surface area (Å²) in [4.78, 5) is 13.2. The summed E-state index contributed by atoms with van der Waals surface area (Å²) in [7, 11) is 1.92. The summed E-state index contributed by atoms with van der Waals surface area (Å²) in [6, 6.07) is 18.1. The molecule has 6 rings (SSSR count). The molecule has 1 aliphatic heterocycles. The van der Waals surface area contributed by atoms with Crippen LogP contribution in [0.1, 0.15) is 46.0 Å². The maximum atomic E-state index is 4.94. The highest BCUT2D eigenvalue weighted by Crippen LogP contribution is 2.32. The van der Waals surface area contributed by atoms with E-state index in [2.05, 4.69) is 86.9 Å². The summed E-state index contributed by atoms with van der Waals surface area (Å²) in [5.74, 6) is 0.968. The topological polar surface area (TPSA) is 63.0 Å². The van der Waals surface area contributed by atoms with Crippen molar-refractivity contribution in [3.8, 4) is 0 Å². The van der Waals surface area contributed by atoms with Crippen LogP contribution >= 0.6 is 23.7 Å². The molecule has 4 heterocycles. The summed E-state index contributed by atoms with van der Waals surface area (Å²) in [5.41, 5.74) is 4.14. The number of nitrogens with zero attached hydrogens (tertiary/aromatic N) is 7. The Morgan fingerprint density at radius 3 is 2.73 bits per heavy atom. The molecule has 0 saturated carbocycles. The van der Waals surface area contributed by atoms with Crippen molar-refractivity contribution in [3.63, 3.8) is 0 Å². The van der Waals surface area contributed by atoms with Gasteiger partial charge in [0.25, 0.3) is 0 Å². The van der Waals surface area contributed by atoms with Gasteiger partial charge in [-0.15, -0.1) is 28.8 Å². The van der Waals surface area contributed by atoms with Gasteiger partial charge in [0.15, 0.2) is 5.82 Å². The Labute approximate surface area is 246 Å². The first kappa shape index (κ1) is 28.5. The molecule has 0 spiro atoms. The van der Waals surface area contributed by atoms with Crippen molar-refractivity contribution < 1.29 is 0 Å². The van der Waals surface area contributed by atoms with Gasteiger partial charge in [-0.1, -0.05) is 42.5 Å². The third-order valence-electron chi connectivity index (χ3n) is 8.09. The monoisotopic (exact) mass is 575 g/mol. The fourth-order valence-electron chi connectivity index (χ4n) is 6.05. The average molecular weight is 576 g/mol. The predicted molar refractivity (Wildman–Crippen MR) is 164 cm³/mol. The summed E-state index contributed by atoms with van der Waals surface area (Å²) in [5, 5.41) is 14.3. The second-order valence-electron chi connectivity index (χ2n) is 10.7. The lowest BCUT2D eigenvalue weighted by Gasteiger charge is -2.43. The van der Waals surface area contributed by atoms with E-state index in [1.807, 2.05) is 24.6 Å². The number of hydrogen-bond donors (Lipinski definition) is 0. The molecule has 0 amide bonds. The molecule has 0 radical (unpaired) electrons. The van der Waals surface area contributed by atoms with Crippen LogP contribution in [-0.2, 0) is 26.3 Å². The highest BCUT2D eigenvalue weighted by molar-refractivity contribution is 7.12. The minimum absolute atomic E-state index is 0. The number of pyridine rings is 1. The largest absolute Gasteiger partial charge is 0.366 e. The molecule has 9 heteroatoms. The molecule has 1 saturated heterocycles. The number of aryl methyl sites for hydroxylation is 4. The van der Waals surface area contributed by atoms with Crippen LogP contribution < -0.4 is 10.6 Å². The fraction of sp³-hybridized carbons (Fsp3) is 0.419. The lowest BCUT2D eigenvalue weighted by molar-refractivity contribution is 0.0988. The lowest BCUT2D eigenvalue weighted by Crippen LogP contribution is -2.54. The minimum atomic E-state index is 0. The molecule has 4 aromatic rings. The van der Waals surface area contributed by atoms with Crippen molar-refractivity contribution in [3.05, 3.63) is 92.0 Å². The first-order valence-electron chi connectivity index (χ1n) is 14.1. The molecule has 3 aromatic heterocycles. The Morgan fingerprint density at radius 1 is 1.02 bits per heavy atom. The maximum absolute atomic E-state index is 4.94. The standard InChI is InChI=1S/C31H37N7S.ClH/c1-23-21-27-28(39-23)16-14-25-11-8-17-32-30(25)31(27)38-20-19-37(18-7-6-12-29-33-34-35-36(29)2)26(22-38)15-13-24-9-4-3-5-10-24;/h3-5,8-11,14,17,21,26H,6-7,12-13,15-16,18-20,22H2,1-2H3;1H. The van der Waals surface area contributed by atoms with Gasteiger partial charge in [0, 0.05) is 67.1 Å². The lowest BCUT2D eigenvalue weighted by atomic mass is 10.00. The van der Waals surface area contributed by atoms with Crippen molar-refractivity contribution in [2.45, 2.75) is 51.5 Å². The average Bonchev–Trinajstić information content (AvgIpc) is 3.50. The summed E-state index contributed by atoms with van der Waals surface area (Å²) >= 11 is 1.93. The summed E-state index contributed by atoms with van der Waals surface area (Å²) in [6.07, 6.45) is 10.7. The zero-order valence-electron chi connectivity index (χ0n) is 23.4. The van der Waals surface area contributed by atoms with Gasteiger partial charge in [0.2, 0.25) is 0 Å². The zero-order chi connectivity index (χ0) is 26.6. The molecule has 2 aliphatic rings. The highest BCUT2D eigenvalue weighted by atomic mass is 35.5. The molecule has 1 aromatic carbocycles. The summed E-state index contributed by atoms with van der Waals surface area (Å²) in [6.45, 7) is 6.46. The van der Waals surface area contributed by atoms with E-state index in [1.54, 1.807) is 4.68 Å². The van der Waals surface area contributed by atoms with E-state index in [4.69, 9.17) is 4.98 Å². The molecule has 210 valence electrons. The molecular formula is C31H38ClN7S. The van der Waals surface area contributed by atoms with Crippen LogP contribution in [0, 0.1) is 6.92 Å². The molecule has 1 atom stereocenters. The Morgan fingerprint density at radius 2 is 1.90 bits per heavy atom. The SMILES string of the molecule is Cc1cc2c(s1)CC=c1cccnc1=C2N1CCN(CCCCc2nnnn2C)C(CCc2ccccc2)C1.Cl. The van der Waals surface area contributed by atoms with E-state index >= 15 is 0 Å². The van der Waals surface area contributed by atoms with Crippen LogP contribution in [0.4, 0.5) is 0 Å². The Bertz CT molecular complexity index is 1530. The number of benzene rings is 1. The molecule has 40 heavy (non-hydrogen) atoms. The molecule has 0 bridgehead atoms. The van der Waals surface area contributed by atoms with Gasteiger partial charge in [-0.3, -0.25) is 9.88 Å². The number of halogens is 1. The number of aromatic nitrogens is 5. The van der Waals surface area contributed by atoms with E-state index in [1.165, 1.54) is 31.8 Å². The Balaban J connectivity index is 0.00000323. The van der Waals surface area contributed by atoms with Crippen LogP contribution in [0.2, 0.25) is 0 Å². The number of hydrogen-bond acceptors (Lipinski definition) is 7. The molecule has 1 unspecified atom stereocenters. The first-order valence-corrected chi connectivity index (χ1v) is 15.0. The number of piperazine rings is 1. The van der Waals surface area contributed by atoms with Crippen molar-refractivity contribution in [2.75, 3.05) is 26.2 Å². The molecule has 1 aliphatic carbocycles. The predicted octanol–water partition coefficient (Wildman–Crippen LogP) is 3.53. The Kier molecular flexibility index (Phi) is 9.29. The van der Waals surface area contributed by atoms with Crippen molar-refractivity contribution in [2.24, 2.45) is 7.05 Å². The highest BCUT2D eigenvalue weighted by Gasteiger charge is 2.30. The second-order valence-corrected chi connectivity index (χ2v) is 12.1. The van der Waals surface area contributed by atoms with Gasteiger partial charge in [-0.05, 0) is 72.5 Å². The van der Waals surface area contributed by atoms with Gasteiger partial charge in [-0.25, -0.2) is 4.68 Å². The minimum Gasteiger partial charge on any atom is -0.366 e. The number of thiophene rings is 1. The third kappa shape index (κ3) is 6.29. The number of unbranched alkanes of at least 4 members (excludes halogenated alkanes) is 1. The maximum Gasteiger partial charge on any atom is 0.150 e. The molecular weight excluding hydrogens is 538 g/mol.